The van der Waals surface area contributed by atoms with Gasteiger partial charge in [0.1, 0.15) is 0 Å². The zero-order valence-electron chi connectivity index (χ0n) is 10.4. The number of rotatable bonds is 4. The van der Waals surface area contributed by atoms with Gasteiger partial charge in [-0.2, -0.15) is 6.42 Å². The molecule has 0 spiro atoms. The third-order valence-corrected chi connectivity index (χ3v) is 3.08. The van der Waals surface area contributed by atoms with Crippen molar-refractivity contribution in [2.75, 3.05) is 0 Å². The summed E-state index contributed by atoms with van der Waals surface area (Å²) in [6.45, 7) is 6.17. The van der Waals surface area contributed by atoms with E-state index in [0.717, 1.165) is 6.42 Å². The molecule has 0 saturated heterocycles. The molecule has 0 saturated carbocycles. The molecule has 0 aliphatic carbocycles. The van der Waals surface area contributed by atoms with Gasteiger partial charge in [-0.3, -0.25) is 0 Å². The number of hydrogen-bond donors (Lipinski definition) is 0. The largest absolute Gasteiger partial charge is 0.339 e. The van der Waals surface area contributed by atoms with E-state index in [4.69, 9.17) is 0 Å². The number of hydrogen-bond acceptors (Lipinski definition) is 0. The van der Waals surface area contributed by atoms with Crippen LogP contribution in [0.4, 0.5) is 0 Å². The van der Waals surface area contributed by atoms with Crippen molar-refractivity contribution in [2.24, 2.45) is 0 Å². The zero-order valence-corrected chi connectivity index (χ0v) is 13.3. The van der Waals surface area contributed by atoms with Gasteiger partial charge in [-0.15, -0.1) is 0 Å². The first-order valence-corrected chi connectivity index (χ1v) is 6.14. The van der Waals surface area contributed by atoms with Crippen molar-refractivity contribution in [1.82, 2.24) is 0 Å². The minimum atomic E-state index is 0. The van der Waals surface area contributed by atoms with Crippen LogP contribution in [0, 0.1) is 6.92 Å². The number of benzene rings is 2. The second kappa shape index (κ2) is 6.96. The van der Waals surface area contributed by atoms with Crippen LogP contribution < -0.4 is 0 Å². The molecular formula is C16H19W-. The smallest absolute Gasteiger partial charge is 0 e. The standard InChI is InChI=1S/C16H19.W/c1-3-5-6-14-8-10-15-9-7-13(4-2)11-16(15)12-14;/h7-12H,2-6H2,1H3;/q-1;. The van der Waals surface area contributed by atoms with E-state index in [0.29, 0.717) is 0 Å². The molecular weight excluding hydrogens is 376 g/mol. The van der Waals surface area contributed by atoms with Gasteiger partial charge >= 0.3 is 0 Å². The Morgan fingerprint density at radius 3 is 2.24 bits per heavy atom. The topological polar surface area (TPSA) is 0 Å². The van der Waals surface area contributed by atoms with Gasteiger partial charge in [-0.1, -0.05) is 55.3 Å². The van der Waals surface area contributed by atoms with Crippen molar-refractivity contribution < 1.29 is 21.1 Å². The third kappa shape index (κ3) is 3.68. The van der Waals surface area contributed by atoms with E-state index in [1.165, 1.54) is 41.2 Å². The maximum atomic E-state index is 3.93. The molecule has 0 heterocycles. The Balaban J connectivity index is 0.00000144. The van der Waals surface area contributed by atoms with Gasteiger partial charge in [0, 0.05) is 21.1 Å². The summed E-state index contributed by atoms with van der Waals surface area (Å²) in [4.78, 5) is 0. The van der Waals surface area contributed by atoms with E-state index in [-0.39, 0.29) is 21.1 Å². The molecule has 2 rings (SSSR count). The maximum Gasteiger partial charge on any atom is 0 e. The summed E-state index contributed by atoms with van der Waals surface area (Å²) < 4.78 is 0. The van der Waals surface area contributed by atoms with Gasteiger partial charge < -0.3 is 6.92 Å². The van der Waals surface area contributed by atoms with E-state index in [1.54, 1.807) is 0 Å². The quantitative estimate of drug-likeness (QED) is 0.667. The predicted octanol–water partition coefficient (Wildman–Crippen LogP) is 4.56. The van der Waals surface area contributed by atoms with Crippen molar-refractivity contribution in [2.45, 2.75) is 32.6 Å². The molecule has 0 radical (unpaired) electrons. The number of fused-ring (bicyclic) bond motifs is 1. The Morgan fingerprint density at radius 1 is 0.941 bits per heavy atom. The summed E-state index contributed by atoms with van der Waals surface area (Å²) in [6.07, 6.45) is 4.60. The van der Waals surface area contributed by atoms with Crippen molar-refractivity contribution in [3.63, 3.8) is 0 Å². The van der Waals surface area contributed by atoms with E-state index in [2.05, 4.69) is 50.2 Å². The van der Waals surface area contributed by atoms with Gasteiger partial charge in [-0.25, -0.2) is 0 Å². The van der Waals surface area contributed by atoms with Crippen LogP contribution >= 0.6 is 0 Å². The molecule has 0 amide bonds. The van der Waals surface area contributed by atoms with Crippen LogP contribution in [0.5, 0.6) is 0 Å². The SMILES string of the molecule is [CH2-]Cc1ccc2ccc(CCCC)cc2c1.[W]. The summed E-state index contributed by atoms with van der Waals surface area (Å²) in [5.74, 6) is 0. The molecule has 0 nitrogen and oxygen atoms in total. The first-order valence-electron chi connectivity index (χ1n) is 6.14. The van der Waals surface area contributed by atoms with Crippen molar-refractivity contribution >= 4 is 10.8 Å². The monoisotopic (exact) mass is 395 g/mol. The molecule has 17 heavy (non-hydrogen) atoms. The molecule has 0 aromatic heterocycles. The van der Waals surface area contributed by atoms with Crippen LogP contribution in [-0.4, -0.2) is 0 Å². The average Bonchev–Trinajstić information content (AvgIpc) is 2.35. The van der Waals surface area contributed by atoms with E-state index < -0.39 is 0 Å². The molecule has 2 aromatic carbocycles. The molecule has 0 atom stereocenters. The fourth-order valence-corrected chi connectivity index (χ4v) is 2.04. The molecule has 90 valence electrons. The van der Waals surface area contributed by atoms with Gasteiger partial charge in [0.25, 0.3) is 0 Å². The van der Waals surface area contributed by atoms with E-state index >= 15 is 0 Å². The fourth-order valence-electron chi connectivity index (χ4n) is 2.04. The molecule has 0 unspecified atom stereocenters. The van der Waals surface area contributed by atoms with E-state index in [9.17, 15) is 0 Å². The Kier molecular flexibility index (Phi) is 5.92. The molecule has 0 aliphatic heterocycles. The van der Waals surface area contributed by atoms with Crippen LogP contribution in [0.15, 0.2) is 36.4 Å². The van der Waals surface area contributed by atoms with Crippen LogP contribution in [-0.2, 0) is 33.9 Å². The van der Waals surface area contributed by atoms with Crippen LogP contribution in [0.3, 0.4) is 0 Å². The molecule has 0 bridgehead atoms. The summed E-state index contributed by atoms with van der Waals surface area (Å²) in [6, 6.07) is 13.4. The van der Waals surface area contributed by atoms with Crippen LogP contribution in [0.25, 0.3) is 10.8 Å². The van der Waals surface area contributed by atoms with Crippen molar-refractivity contribution in [1.29, 1.82) is 0 Å². The van der Waals surface area contributed by atoms with Gasteiger partial charge in [0.05, 0.1) is 0 Å². The maximum absolute atomic E-state index is 3.93. The Labute approximate surface area is 119 Å². The summed E-state index contributed by atoms with van der Waals surface area (Å²) in [7, 11) is 0. The first kappa shape index (κ1) is 14.4. The molecule has 2 aromatic rings. The van der Waals surface area contributed by atoms with Crippen LogP contribution in [0.1, 0.15) is 30.9 Å². The third-order valence-electron chi connectivity index (χ3n) is 3.08. The average molecular weight is 395 g/mol. The summed E-state index contributed by atoms with van der Waals surface area (Å²) in [5.41, 5.74) is 2.77. The number of unbranched alkanes of at least 4 members (excludes halogenated alkanes) is 1. The van der Waals surface area contributed by atoms with Gasteiger partial charge in [-0.05, 0) is 29.2 Å². The zero-order chi connectivity index (χ0) is 11.4. The second-order valence-electron chi connectivity index (χ2n) is 4.37. The molecule has 0 N–H and O–H groups in total. The normalized spacial score (nSPS) is 10.2. The van der Waals surface area contributed by atoms with Crippen molar-refractivity contribution in [3.05, 3.63) is 54.4 Å². The Morgan fingerprint density at radius 2 is 1.59 bits per heavy atom. The summed E-state index contributed by atoms with van der Waals surface area (Å²) in [5, 5.41) is 2.69. The second-order valence-corrected chi connectivity index (χ2v) is 4.37. The molecule has 0 aliphatic rings. The minimum Gasteiger partial charge on any atom is -0.339 e. The fraction of sp³-hybridized carbons (Fsp3) is 0.312. The Bertz CT molecular complexity index is 474. The van der Waals surface area contributed by atoms with Gasteiger partial charge in [0.2, 0.25) is 0 Å². The van der Waals surface area contributed by atoms with E-state index in [1.807, 2.05) is 0 Å². The van der Waals surface area contributed by atoms with Crippen LogP contribution in [0.2, 0.25) is 0 Å². The van der Waals surface area contributed by atoms with Gasteiger partial charge in [0.15, 0.2) is 0 Å². The number of aryl methyl sites for hydroxylation is 1. The summed E-state index contributed by atoms with van der Waals surface area (Å²) >= 11 is 0. The molecule has 0 fully saturated rings. The van der Waals surface area contributed by atoms with Crippen molar-refractivity contribution in [3.8, 4) is 0 Å². The Hall–Kier alpha value is -0.612. The molecule has 1 heteroatoms. The predicted molar refractivity (Wildman–Crippen MR) is 71.6 cm³/mol. The minimum absolute atomic E-state index is 0. The first-order chi connectivity index (χ1) is 7.83.